The van der Waals surface area contributed by atoms with E-state index in [4.69, 9.17) is 0 Å². The molecule has 6 heteroatoms. The summed E-state index contributed by atoms with van der Waals surface area (Å²) in [6.45, 7) is 0.605. The first kappa shape index (κ1) is 12.3. The van der Waals surface area contributed by atoms with Crippen molar-refractivity contribution < 1.29 is 4.39 Å². The van der Waals surface area contributed by atoms with Crippen LogP contribution < -0.4 is 5.32 Å². The van der Waals surface area contributed by atoms with E-state index >= 15 is 0 Å². The summed E-state index contributed by atoms with van der Waals surface area (Å²) < 4.78 is 13.8. The lowest BCUT2D eigenvalue weighted by Crippen LogP contribution is -1.99. The van der Waals surface area contributed by atoms with Gasteiger partial charge in [-0.3, -0.25) is 0 Å². The third-order valence-electron chi connectivity index (χ3n) is 2.62. The van der Waals surface area contributed by atoms with Gasteiger partial charge < -0.3 is 5.32 Å². The third-order valence-corrected chi connectivity index (χ3v) is 4.17. The minimum absolute atomic E-state index is 0.192. The van der Waals surface area contributed by atoms with Crippen LogP contribution in [0.25, 0.3) is 10.4 Å². The number of aromatic nitrogens is 2. The van der Waals surface area contributed by atoms with Gasteiger partial charge in [0.1, 0.15) is 11.3 Å². The minimum atomic E-state index is -0.192. The van der Waals surface area contributed by atoms with Gasteiger partial charge in [-0.1, -0.05) is 23.5 Å². The Labute approximate surface area is 117 Å². The van der Waals surface area contributed by atoms with Crippen LogP contribution >= 0.6 is 22.7 Å². The van der Waals surface area contributed by atoms with Crippen molar-refractivity contribution in [2.45, 2.75) is 6.54 Å². The van der Waals surface area contributed by atoms with Gasteiger partial charge >= 0.3 is 0 Å². The van der Waals surface area contributed by atoms with Crippen molar-refractivity contribution in [1.82, 2.24) is 10.2 Å². The van der Waals surface area contributed by atoms with Crippen LogP contribution in [-0.2, 0) is 6.54 Å². The molecule has 0 unspecified atom stereocenters. The number of hydrogen-bond donors (Lipinski definition) is 1. The quantitative estimate of drug-likeness (QED) is 0.789. The fourth-order valence-electron chi connectivity index (χ4n) is 1.73. The Hall–Kier alpha value is -1.79. The Bertz CT molecular complexity index is 651. The molecule has 19 heavy (non-hydrogen) atoms. The number of benzene rings is 1. The average molecular weight is 291 g/mol. The van der Waals surface area contributed by atoms with Crippen LogP contribution in [0.4, 0.5) is 9.52 Å². The summed E-state index contributed by atoms with van der Waals surface area (Å²) in [6, 6.07) is 9.00. The highest BCUT2D eigenvalue weighted by atomic mass is 32.1. The minimum Gasteiger partial charge on any atom is -0.356 e. The molecule has 0 atom stereocenters. The van der Waals surface area contributed by atoms with Crippen molar-refractivity contribution >= 4 is 27.8 Å². The maximum absolute atomic E-state index is 13.8. The van der Waals surface area contributed by atoms with Gasteiger partial charge in [-0.25, -0.2) is 4.39 Å². The Morgan fingerprint density at radius 2 is 2.16 bits per heavy atom. The van der Waals surface area contributed by atoms with Crippen LogP contribution in [0.3, 0.4) is 0 Å². The molecule has 0 spiro atoms. The van der Waals surface area contributed by atoms with Gasteiger partial charge in [0, 0.05) is 17.0 Å². The third kappa shape index (κ3) is 2.80. The maximum atomic E-state index is 13.8. The highest BCUT2D eigenvalue weighted by Crippen LogP contribution is 2.28. The van der Waals surface area contributed by atoms with Crippen LogP contribution in [0.15, 0.2) is 41.2 Å². The fraction of sp³-hybridized carbons (Fsp3) is 0.0769. The lowest BCUT2D eigenvalue weighted by molar-refractivity contribution is 0.631. The second-order valence-corrected chi connectivity index (χ2v) is 5.67. The van der Waals surface area contributed by atoms with Crippen LogP contribution in [0.2, 0.25) is 0 Å². The number of halogens is 1. The van der Waals surface area contributed by atoms with Crippen LogP contribution in [0, 0.1) is 5.82 Å². The van der Waals surface area contributed by atoms with E-state index in [2.05, 4.69) is 15.5 Å². The summed E-state index contributed by atoms with van der Waals surface area (Å²) in [6.07, 6.45) is 0. The van der Waals surface area contributed by atoms with Crippen molar-refractivity contribution in [3.63, 3.8) is 0 Å². The van der Waals surface area contributed by atoms with Gasteiger partial charge in [-0.05, 0) is 29.1 Å². The molecule has 0 aliphatic rings. The molecule has 1 N–H and O–H groups in total. The lowest BCUT2D eigenvalue weighted by Gasteiger charge is -2.06. The molecule has 0 amide bonds. The van der Waals surface area contributed by atoms with Gasteiger partial charge in [-0.2, -0.15) is 0 Å². The normalized spacial score (nSPS) is 10.6. The molecule has 0 aliphatic carbocycles. The molecule has 0 bridgehead atoms. The number of hydrogen-bond acceptors (Lipinski definition) is 5. The highest BCUT2D eigenvalue weighted by Gasteiger charge is 2.07. The molecule has 0 saturated heterocycles. The predicted octanol–water partition coefficient (Wildman–Crippen LogP) is 4.02. The summed E-state index contributed by atoms with van der Waals surface area (Å²) in [4.78, 5) is 0.940. The van der Waals surface area contributed by atoms with E-state index in [1.807, 2.05) is 23.6 Å². The molecule has 0 aliphatic heterocycles. The van der Waals surface area contributed by atoms with E-state index in [-0.39, 0.29) is 5.82 Å². The van der Waals surface area contributed by atoms with Crippen LogP contribution in [0.5, 0.6) is 0 Å². The Balaban J connectivity index is 1.81. The number of nitrogens with zero attached hydrogens (tertiary/aromatic N) is 2. The van der Waals surface area contributed by atoms with Gasteiger partial charge in [0.15, 0.2) is 0 Å². The second-order valence-electron chi connectivity index (χ2n) is 3.89. The smallest absolute Gasteiger partial charge is 0.205 e. The molecule has 3 rings (SSSR count). The zero-order chi connectivity index (χ0) is 13.1. The lowest BCUT2D eigenvalue weighted by atomic mass is 10.1. The Morgan fingerprint density at radius 3 is 2.89 bits per heavy atom. The van der Waals surface area contributed by atoms with Gasteiger partial charge in [0.2, 0.25) is 5.13 Å². The largest absolute Gasteiger partial charge is 0.356 e. The first-order valence-electron chi connectivity index (χ1n) is 5.65. The molecule has 0 radical (unpaired) electrons. The topological polar surface area (TPSA) is 37.8 Å². The molecule has 1 aromatic carbocycles. The zero-order valence-corrected chi connectivity index (χ0v) is 11.5. The van der Waals surface area contributed by atoms with Gasteiger partial charge in [0.25, 0.3) is 0 Å². The average Bonchev–Trinajstić information content (AvgIpc) is 3.11. The van der Waals surface area contributed by atoms with E-state index in [0.29, 0.717) is 12.1 Å². The molecular weight excluding hydrogens is 281 g/mol. The first-order chi connectivity index (χ1) is 9.33. The molecule has 0 saturated carbocycles. The van der Waals surface area contributed by atoms with Gasteiger partial charge in [0.05, 0.1) is 0 Å². The molecule has 0 fully saturated rings. The van der Waals surface area contributed by atoms with Crippen molar-refractivity contribution in [3.05, 3.63) is 52.6 Å². The van der Waals surface area contributed by atoms with Crippen molar-refractivity contribution in [3.8, 4) is 10.4 Å². The number of rotatable bonds is 4. The zero-order valence-electron chi connectivity index (χ0n) is 9.84. The number of thiophene rings is 1. The number of nitrogens with one attached hydrogen (secondary N) is 1. The summed E-state index contributed by atoms with van der Waals surface area (Å²) in [7, 11) is 0. The second kappa shape index (κ2) is 5.46. The predicted molar refractivity (Wildman–Crippen MR) is 76.9 cm³/mol. The van der Waals surface area contributed by atoms with Crippen LogP contribution in [-0.4, -0.2) is 10.2 Å². The summed E-state index contributed by atoms with van der Waals surface area (Å²) >= 11 is 2.98. The van der Waals surface area contributed by atoms with Gasteiger partial charge in [-0.15, -0.1) is 21.5 Å². The maximum Gasteiger partial charge on any atom is 0.205 e. The molecular formula is C13H10FN3S2. The summed E-state index contributed by atoms with van der Waals surface area (Å²) in [5.41, 5.74) is 3.33. The van der Waals surface area contributed by atoms with Crippen molar-refractivity contribution in [2.75, 3.05) is 5.32 Å². The molecule has 3 aromatic rings. The van der Waals surface area contributed by atoms with E-state index < -0.39 is 0 Å². The summed E-state index contributed by atoms with van der Waals surface area (Å²) in [5, 5.41) is 13.5. The van der Waals surface area contributed by atoms with E-state index in [0.717, 1.165) is 15.6 Å². The van der Waals surface area contributed by atoms with E-state index in [1.165, 1.54) is 28.7 Å². The van der Waals surface area contributed by atoms with E-state index in [9.17, 15) is 4.39 Å². The number of anilines is 1. The fourth-order valence-corrected chi connectivity index (χ4v) is 2.92. The molecule has 3 nitrogen and oxygen atoms in total. The van der Waals surface area contributed by atoms with Crippen LogP contribution in [0.1, 0.15) is 5.56 Å². The van der Waals surface area contributed by atoms with Crippen molar-refractivity contribution in [1.29, 1.82) is 0 Å². The highest BCUT2D eigenvalue weighted by molar-refractivity contribution is 7.13. The summed E-state index contributed by atoms with van der Waals surface area (Å²) in [5.74, 6) is -0.192. The Morgan fingerprint density at radius 1 is 1.21 bits per heavy atom. The van der Waals surface area contributed by atoms with E-state index in [1.54, 1.807) is 11.6 Å². The standard InChI is InChI=1S/C13H10FN3S2/c14-11-4-3-9(7-15-13-17-16-8-19-13)6-10(11)12-2-1-5-18-12/h1-6,8H,7H2,(H,15,17). The Kier molecular flexibility index (Phi) is 3.52. The molecule has 96 valence electrons. The molecule has 2 heterocycles. The first-order valence-corrected chi connectivity index (χ1v) is 7.41. The molecule has 2 aromatic heterocycles. The monoisotopic (exact) mass is 291 g/mol. The SMILES string of the molecule is Fc1ccc(CNc2nncs2)cc1-c1cccs1. The van der Waals surface area contributed by atoms with Crippen molar-refractivity contribution in [2.24, 2.45) is 0 Å².